The highest BCUT2D eigenvalue weighted by atomic mass is 16.7. The normalized spacial score (nSPS) is 10.8. The molecule has 0 aliphatic rings. The molecule has 0 saturated carbocycles. The molecule has 0 aliphatic carbocycles. The molecule has 0 atom stereocenters. The van der Waals surface area contributed by atoms with Crippen molar-refractivity contribution in [2.24, 2.45) is 0 Å². The van der Waals surface area contributed by atoms with Crippen molar-refractivity contribution in [3.8, 4) is 0 Å². The van der Waals surface area contributed by atoms with Gasteiger partial charge in [-0.2, -0.15) is 4.73 Å². The van der Waals surface area contributed by atoms with Gasteiger partial charge in [0.15, 0.2) is 5.82 Å². The van der Waals surface area contributed by atoms with Gasteiger partial charge in [0.05, 0.1) is 5.52 Å². The standard InChI is InChI=1S/C19H27N5O.C2H6/c1-3-4-11-16-23-17-18(24(16)25-13-8-7-12-21-2)14-9-5-6-10-15(14)22-19(17)20;1-2/h5-6,9-10,21H,3-4,7-8,11-13H2,1-2H3,(H2,20,22);1-2H3. The number of benzene rings is 1. The third kappa shape index (κ3) is 4.89. The maximum atomic E-state index is 6.18. The molecule has 0 aliphatic heterocycles. The molecule has 0 fully saturated rings. The van der Waals surface area contributed by atoms with Crippen LogP contribution in [0.1, 0.15) is 52.3 Å². The van der Waals surface area contributed by atoms with E-state index in [0.717, 1.165) is 66.4 Å². The Balaban J connectivity index is 0.00000126. The Morgan fingerprint density at radius 2 is 1.89 bits per heavy atom. The van der Waals surface area contributed by atoms with Crippen molar-refractivity contribution in [1.29, 1.82) is 0 Å². The molecular formula is C21H33N5O. The van der Waals surface area contributed by atoms with Gasteiger partial charge in [-0.1, -0.05) is 45.4 Å². The van der Waals surface area contributed by atoms with Gasteiger partial charge in [0.2, 0.25) is 0 Å². The lowest BCUT2D eigenvalue weighted by Crippen LogP contribution is -2.17. The number of nitrogens with one attached hydrogen (secondary N) is 1. The highest BCUT2D eigenvalue weighted by Crippen LogP contribution is 2.28. The van der Waals surface area contributed by atoms with Gasteiger partial charge in [0.25, 0.3) is 0 Å². The largest absolute Gasteiger partial charge is 0.412 e. The van der Waals surface area contributed by atoms with Crippen LogP contribution >= 0.6 is 0 Å². The van der Waals surface area contributed by atoms with E-state index >= 15 is 0 Å². The zero-order valence-electron chi connectivity index (χ0n) is 17.1. The number of nitrogens with zero attached hydrogens (tertiary/aromatic N) is 3. The van der Waals surface area contributed by atoms with Gasteiger partial charge in [0, 0.05) is 11.8 Å². The van der Waals surface area contributed by atoms with Crippen LogP contribution in [0, 0.1) is 0 Å². The summed E-state index contributed by atoms with van der Waals surface area (Å²) < 4.78 is 1.89. The Morgan fingerprint density at radius 3 is 2.63 bits per heavy atom. The molecular weight excluding hydrogens is 338 g/mol. The smallest absolute Gasteiger partial charge is 0.152 e. The number of para-hydroxylation sites is 1. The summed E-state index contributed by atoms with van der Waals surface area (Å²) >= 11 is 0. The van der Waals surface area contributed by atoms with Crippen LogP contribution in [0.5, 0.6) is 0 Å². The third-order valence-corrected chi connectivity index (χ3v) is 4.34. The molecule has 3 N–H and O–H groups in total. The maximum Gasteiger partial charge on any atom is 0.152 e. The molecule has 6 nitrogen and oxygen atoms in total. The minimum atomic E-state index is 0.462. The highest BCUT2D eigenvalue weighted by Gasteiger charge is 2.18. The molecule has 2 aromatic heterocycles. The van der Waals surface area contributed by atoms with Crippen molar-refractivity contribution >= 4 is 27.8 Å². The first-order chi connectivity index (χ1) is 13.3. The van der Waals surface area contributed by atoms with E-state index in [0.29, 0.717) is 12.4 Å². The Morgan fingerprint density at radius 1 is 1.11 bits per heavy atom. The topological polar surface area (TPSA) is 78.0 Å². The zero-order valence-corrected chi connectivity index (χ0v) is 17.1. The van der Waals surface area contributed by atoms with E-state index in [1.54, 1.807) is 0 Å². The predicted molar refractivity (Wildman–Crippen MR) is 114 cm³/mol. The van der Waals surface area contributed by atoms with E-state index in [2.05, 4.69) is 23.3 Å². The Hall–Kier alpha value is -2.34. The summed E-state index contributed by atoms with van der Waals surface area (Å²) in [4.78, 5) is 15.4. The number of unbranched alkanes of at least 4 members (excludes halogenated alkanes) is 2. The Bertz CT molecular complexity index is 843. The second-order valence-electron chi connectivity index (χ2n) is 6.28. The first-order valence-electron chi connectivity index (χ1n) is 10.1. The third-order valence-electron chi connectivity index (χ3n) is 4.34. The Labute approximate surface area is 162 Å². The summed E-state index contributed by atoms with van der Waals surface area (Å²) in [6.45, 7) is 7.83. The number of imidazole rings is 1. The highest BCUT2D eigenvalue weighted by molar-refractivity contribution is 6.06. The summed E-state index contributed by atoms with van der Waals surface area (Å²) in [5, 5.41) is 4.19. The fourth-order valence-electron chi connectivity index (χ4n) is 3.01. The summed E-state index contributed by atoms with van der Waals surface area (Å²) in [6, 6.07) is 8.00. The number of aromatic nitrogens is 3. The number of pyridine rings is 1. The van der Waals surface area contributed by atoms with Crippen LogP contribution in [0.2, 0.25) is 0 Å². The average Bonchev–Trinajstić information content (AvgIpc) is 3.07. The van der Waals surface area contributed by atoms with Crippen LogP contribution in [-0.4, -0.2) is 34.9 Å². The lowest BCUT2D eigenvalue weighted by Gasteiger charge is -2.12. The monoisotopic (exact) mass is 371 g/mol. The van der Waals surface area contributed by atoms with E-state index in [1.165, 1.54) is 0 Å². The SMILES string of the molecule is CC.CCCCc1nc2c(N)nc3ccccc3c2n1OCCCCNC. The molecule has 148 valence electrons. The van der Waals surface area contributed by atoms with Crippen LogP contribution in [0.15, 0.2) is 24.3 Å². The molecule has 0 bridgehead atoms. The summed E-state index contributed by atoms with van der Waals surface area (Å²) in [6.07, 6.45) is 5.12. The van der Waals surface area contributed by atoms with Gasteiger partial charge >= 0.3 is 0 Å². The number of nitrogens with two attached hydrogens (primary N) is 1. The van der Waals surface area contributed by atoms with Crippen molar-refractivity contribution in [3.05, 3.63) is 30.1 Å². The molecule has 0 spiro atoms. The van der Waals surface area contributed by atoms with Crippen molar-refractivity contribution < 1.29 is 4.84 Å². The van der Waals surface area contributed by atoms with Crippen molar-refractivity contribution in [2.75, 3.05) is 25.9 Å². The predicted octanol–water partition coefficient (Wildman–Crippen LogP) is 3.96. The Kier molecular flexibility index (Phi) is 8.33. The van der Waals surface area contributed by atoms with Gasteiger partial charge in [-0.05, 0) is 38.9 Å². The summed E-state index contributed by atoms with van der Waals surface area (Å²) in [7, 11) is 1.97. The van der Waals surface area contributed by atoms with E-state index in [9.17, 15) is 0 Å². The second-order valence-corrected chi connectivity index (χ2v) is 6.28. The molecule has 6 heteroatoms. The van der Waals surface area contributed by atoms with Crippen LogP contribution in [-0.2, 0) is 6.42 Å². The molecule has 3 rings (SSSR count). The molecule has 2 heterocycles. The minimum absolute atomic E-state index is 0.462. The van der Waals surface area contributed by atoms with Crippen molar-refractivity contribution in [2.45, 2.75) is 52.9 Å². The molecule has 1 aromatic carbocycles. The zero-order chi connectivity index (χ0) is 19.6. The first-order valence-corrected chi connectivity index (χ1v) is 10.1. The lowest BCUT2D eigenvalue weighted by molar-refractivity contribution is 0.109. The number of nitrogen functional groups attached to an aromatic ring is 1. The number of anilines is 1. The number of rotatable bonds is 9. The number of aryl methyl sites for hydroxylation is 1. The van der Waals surface area contributed by atoms with Crippen molar-refractivity contribution in [1.82, 2.24) is 20.0 Å². The van der Waals surface area contributed by atoms with Crippen molar-refractivity contribution in [3.63, 3.8) is 0 Å². The number of hydrogen-bond donors (Lipinski definition) is 2. The van der Waals surface area contributed by atoms with E-state index in [1.807, 2.05) is 43.8 Å². The van der Waals surface area contributed by atoms with Gasteiger partial charge in [0.1, 0.15) is 23.5 Å². The number of hydrogen-bond acceptors (Lipinski definition) is 5. The molecule has 0 radical (unpaired) electrons. The van der Waals surface area contributed by atoms with Crippen LogP contribution in [0.4, 0.5) is 5.82 Å². The fourth-order valence-corrected chi connectivity index (χ4v) is 3.01. The second kappa shape index (κ2) is 10.7. The van der Waals surface area contributed by atoms with Gasteiger partial charge in [-0.3, -0.25) is 0 Å². The fraction of sp³-hybridized carbons (Fsp3) is 0.524. The lowest BCUT2D eigenvalue weighted by atomic mass is 10.2. The van der Waals surface area contributed by atoms with E-state index in [-0.39, 0.29) is 0 Å². The molecule has 27 heavy (non-hydrogen) atoms. The molecule has 0 amide bonds. The van der Waals surface area contributed by atoms with Crippen LogP contribution < -0.4 is 15.9 Å². The molecule has 0 unspecified atom stereocenters. The first kappa shape index (κ1) is 21.0. The molecule has 3 aromatic rings. The van der Waals surface area contributed by atoms with Gasteiger partial charge in [-0.15, -0.1) is 0 Å². The number of fused-ring (bicyclic) bond motifs is 3. The van der Waals surface area contributed by atoms with Crippen LogP contribution in [0.25, 0.3) is 21.9 Å². The van der Waals surface area contributed by atoms with Gasteiger partial charge < -0.3 is 15.9 Å². The maximum absolute atomic E-state index is 6.18. The van der Waals surface area contributed by atoms with Gasteiger partial charge in [-0.25, -0.2) is 9.97 Å². The van der Waals surface area contributed by atoms with Crippen LogP contribution in [0.3, 0.4) is 0 Å². The quantitative estimate of drug-likeness (QED) is 0.557. The average molecular weight is 372 g/mol. The minimum Gasteiger partial charge on any atom is -0.412 e. The summed E-state index contributed by atoms with van der Waals surface area (Å²) in [5.74, 6) is 1.39. The van der Waals surface area contributed by atoms with E-state index in [4.69, 9.17) is 15.6 Å². The molecule has 0 saturated heterocycles. The van der Waals surface area contributed by atoms with E-state index < -0.39 is 0 Å². The summed E-state index contributed by atoms with van der Waals surface area (Å²) in [5.41, 5.74) is 8.72.